The Labute approximate surface area is 111 Å². The van der Waals surface area contributed by atoms with E-state index in [-0.39, 0.29) is 17.5 Å². The third-order valence-electron chi connectivity index (χ3n) is 4.23. The summed E-state index contributed by atoms with van der Waals surface area (Å²) in [6.45, 7) is 0. The van der Waals surface area contributed by atoms with Gasteiger partial charge >= 0.3 is 0 Å². The van der Waals surface area contributed by atoms with E-state index in [2.05, 4.69) is 5.32 Å². The molecule has 3 rings (SSSR count). The van der Waals surface area contributed by atoms with E-state index in [0.29, 0.717) is 10.9 Å². The van der Waals surface area contributed by atoms with Gasteiger partial charge in [-0.15, -0.1) is 0 Å². The standard InChI is InChI=1S/C14H15ClFNO/c15-10-3-4-11(12(16)7-10)14(18)17-13-6-8-1-2-9(13)5-8/h3-4,7-9,13H,1-2,5-6H2,(H,17,18)/t8-,9-,13+/m1/s1. The van der Waals surface area contributed by atoms with Crippen LogP contribution in [0.4, 0.5) is 4.39 Å². The van der Waals surface area contributed by atoms with Gasteiger partial charge in [0.1, 0.15) is 5.82 Å². The molecule has 0 heterocycles. The first kappa shape index (κ1) is 12.0. The molecule has 0 spiro atoms. The van der Waals surface area contributed by atoms with Crippen molar-refractivity contribution in [2.45, 2.75) is 31.7 Å². The number of rotatable bonds is 2. The lowest BCUT2D eigenvalue weighted by atomic mass is 9.95. The molecule has 2 bridgehead atoms. The number of fused-ring (bicyclic) bond motifs is 2. The normalized spacial score (nSPS) is 29.6. The van der Waals surface area contributed by atoms with Gasteiger partial charge in [0.2, 0.25) is 0 Å². The van der Waals surface area contributed by atoms with Crippen LogP contribution in [0.1, 0.15) is 36.0 Å². The fraction of sp³-hybridized carbons (Fsp3) is 0.500. The highest BCUT2D eigenvalue weighted by Crippen LogP contribution is 2.44. The summed E-state index contributed by atoms with van der Waals surface area (Å²) in [5.74, 6) is 0.481. The van der Waals surface area contributed by atoms with Crippen molar-refractivity contribution in [3.63, 3.8) is 0 Å². The molecule has 96 valence electrons. The monoisotopic (exact) mass is 267 g/mol. The van der Waals surface area contributed by atoms with E-state index in [1.54, 1.807) is 6.07 Å². The number of amides is 1. The predicted molar refractivity (Wildman–Crippen MR) is 68.1 cm³/mol. The number of benzene rings is 1. The predicted octanol–water partition coefficient (Wildman–Crippen LogP) is 3.40. The summed E-state index contributed by atoms with van der Waals surface area (Å²) in [6, 6.07) is 4.39. The Bertz CT molecular complexity index is 491. The minimum Gasteiger partial charge on any atom is -0.349 e. The van der Waals surface area contributed by atoms with Gasteiger partial charge in [0.25, 0.3) is 5.91 Å². The molecule has 3 atom stereocenters. The van der Waals surface area contributed by atoms with Crippen molar-refractivity contribution in [1.29, 1.82) is 0 Å². The van der Waals surface area contributed by atoms with Gasteiger partial charge in [0.05, 0.1) is 5.56 Å². The molecule has 0 aliphatic heterocycles. The van der Waals surface area contributed by atoms with E-state index in [1.165, 1.54) is 31.4 Å². The summed E-state index contributed by atoms with van der Waals surface area (Å²) >= 11 is 5.67. The average Bonchev–Trinajstić information content (AvgIpc) is 2.90. The number of hydrogen-bond acceptors (Lipinski definition) is 1. The molecule has 2 aliphatic rings. The van der Waals surface area contributed by atoms with Crippen molar-refractivity contribution >= 4 is 17.5 Å². The van der Waals surface area contributed by atoms with E-state index in [0.717, 1.165) is 12.3 Å². The van der Waals surface area contributed by atoms with Crippen molar-refractivity contribution in [1.82, 2.24) is 5.32 Å². The first-order chi connectivity index (χ1) is 8.63. The van der Waals surface area contributed by atoms with Gasteiger partial charge in [0, 0.05) is 11.1 Å². The highest BCUT2D eigenvalue weighted by molar-refractivity contribution is 6.30. The average molecular weight is 268 g/mol. The van der Waals surface area contributed by atoms with Crippen LogP contribution in [-0.2, 0) is 0 Å². The lowest BCUT2D eigenvalue weighted by Gasteiger charge is -2.23. The number of carbonyl (C=O) groups excluding carboxylic acids is 1. The Balaban J connectivity index is 1.71. The van der Waals surface area contributed by atoms with Crippen LogP contribution in [0.15, 0.2) is 18.2 Å². The second-order valence-electron chi connectivity index (χ2n) is 5.38. The Kier molecular flexibility index (Phi) is 3.02. The van der Waals surface area contributed by atoms with Gasteiger partial charge in [-0.05, 0) is 49.3 Å². The van der Waals surface area contributed by atoms with Crippen molar-refractivity contribution in [3.8, 4) is 0 Å². The summed E-state index contributed by atoms with van der Waals surface area (Å²) in [4.78, 5) is 12.0. The van der Waals surface area contributed by atoms with E-state index in [4.69, 9.17) is 11.6 Å². The maximum atomic E-state index is 13.6. The van der Waals surface area contributed by atoms with E-state index < -0.39 is 5.82 Å². The summed E-state index contributed by atoms with van der Waals surface area (Å²) in [5, 5.41) is 3.27. The van der Waals surface area contributed by atoms with Crippen LogP contribution >= 0.6 is 11.6 Å². The Morgan fingerprint density at radius 2 is 2.17 bits per heavy atom. The van der Waals surface area contributed by atoms with Gasteiger partial charge in [0.15, 0.2) is 0 Å². The van der Waals surface area contributed by atoms with Crippen LogP contribution in [0.2, 0.25) is 5.02 Å². The Morgan fingerprint density at radius 3 is 2.78 bits per heavy atom. The van der Waals surface area contributed by atoms with Crippen LogP contribution in [0, 0.1) is 17.7 Å². The molecule has 2 saturated carbocycles. The SMILES string of the molecule is O=C(N[C@H]1C[C@@H]2CC[C@@H]1C2)c1ccc(Cl)cc1F. The Morgan fingerprint density at radius 1 is 1.33 bits per heavy atom. The largest absolute Gasteiger partial charge is 0.349 e. The maximum Gasteiger partial charge on any atom is 0.254 e. The molecule has 0 radical (unpaired) electrons. The first-order valence-electron chi connectivity index (χ1n) is 6.39. The number of hydrogen-bond donors (Lipinski definition) is 1. The zero-order chi connectivity index (χ0) is 12.7. The lowest BCUT2D eigenvalue weighted by molar-refractivity contribution is 0.0919. The van der Waals surface area contributed by atoms with Crippen molar-refractivity contribution in [3.05, 3.63) is 34.6 Å². The summed E-state index contributed by atoms with van der Waals surface area (Å²) in [7, 11) is 0. The smallest absolute Gasteiger partial charge is 0.254 e. The number of nitrogens with one attached hydrogen (secondary N) is 1. The third-order valence-corrected chi connectivity index (χ3v) is 4.47. The Hall–Kier alpha value is -1.09. The zero-order valence-corrected chi connectivity index (χ0v) is 10.7. The van der Waals surface area contributed by atoms with Gasteiger partial charge in [-0.25, -0.2) is 4.39 Å². The number of carbonyl (C=O) groups is 1. The minimum absolute atomic E-state index is 0.0853. The topological polar surface area (TPSA) is 29.1 Å². The van der Waals surface area contributed by atoms with E-state index in [1.807, 2.05) is 0 Å². The molecule has 1 aromatic carbocycles. The molecule has 1 aromatic rings. The van der Waals surface area contributed by atoms with Crippen LogP contribution in [-0.4, -0.2) is 11.9 Å². The molecule has 18 heavy (non-hydrogen) atoms. The third kappa shape index (κ3) is 2.12. The van der Waals surface area contributed by atoms with E-state index in [9.17, 15) is 9.18 Å². The van der Waals surface area contributed by atoms with Gasteiger partial charge in [-0.2, -0.15) is 0 Å². The molecule has 0 aromatic heterocycles. The minimum atomic E-state index is -0.553. The highest BCUT2D eigenvalue weighted by atomic mass is 35.5. The fourth-order valence-corrected chi connectivity index (χ4v) is 3.50. The summed E-state index contributed by atoms with van der Waals surface area (Å²) < 4.78 is 13.6. The molecular formula is C14H15ClFNO. The highest BCUT2D eigenvalue weighted by Gasteiger charge is 2.40. The molecule has 0 saturated heterocycles. The molecule has 2 aliphatic carbocycles. The molecule has 1 N–H and O–H groups in total. The second kappa shape index (κ2) is 4.54. The maximum absolute atomic E-state index is 13.6. The quantitative estimate of drug-likeness (QED) is 0.874. The number of halogens is 2. The summed E-state index contributed by atoms with van der Waals surface area (Å²) in [5.41, 5.74) is 0.0853. The molecule has 4 heteroatoms. The van der Waals surface area contributed by atoms with Crippen molar-refractivity contribution < 1.29 is 9.18 Å². The van der Waals surface area contributed by atoms with Crippen molar-refractivity contribution in [2.24, 2.45) is 11.8 Å². The fourth-order valence-electron chi connectivity index (χ4n) is 3.34. The van der Waals surface area contributed by atoms with Gasteiger partial charge in [-0.3, -0.25) is 4.79 Å². The zero-order valence-electron chi connectivity index (χ0n) is 9.96. The molecule has 2 fully saturated rings. The van der Waals surface area contributed by atoms with Crippen molar-refractivity contribution in [2.75, 3.05) is 0 Å². The molecular weight excluding hydrogens is 253 g/mol. The van der Waals surface area contributed by atoms with Crippen LogP contribution < -0.4 is 5.32 Å². The van der Waals surface area contributed by atoms with Crippen LogP contribution in [0.3, 0.4) is 0 Å². The second-order valence-corrected chi connectivity index (χ2v) is 5.82. The van der Waals surface area contributed by atoms with Gasteiger partial charge < -0.3 is 5.32 Å². The lowest BCUT2D eigenvalue weighted by Crippen LogP contribution is -2.38. The van der Waals surface area contributed by atoms with Crippen LogP contribution in [0.5, 0.6) is 0 Å². The van der Waals surface area contributed by atoms with Gasteiger partial charge in [-0.1, -0.05) is 18.0 Å². The van der Waals surface area contributed by atoms with Crippen LogP contribution in [0.25, 0.3) is 0 Å². The molecule has 0 unspecified atom stereocenters. The summed E-state index contributed by atoms with van der Waals surface area (Å²) in [6.07, 6.45) is 4.74. The molecule has 2 nitrogen and oxygen atoms in total. The van der Waals surface area contributed by atoms with E-state index >= 15 is 0 Å². The molecule has 1 amide bonds. The first-order valence-corrected chi connectivity index (χ1v) is 6.77.